The van der Waals surface area contributed by atoms with Crippen LogP contribution in [-0.4, -0.2) is 26.2 Å². The molecule has 3 amide bonds. The third kappa shape index (κ3) is 4.18. The highest BCUT2D eigenvalue weighted by Crippen LogP contribution is 2.32. The maximum absolute atomic E-state index is 13.2. The molecule has 0 aliphatic carbocycles. The highest BCUT2D eigenvalue weighted by molar-refractivity contribution is 6.07. The number of benzene rings is 2. The molecule has 0 bridgehead atoms. The molecule has 7 heteroatoms. The van der Waals surface area contributed by atoms with Crippen LogP contribution in [0, 0.1) is 13.8 Å². The Morgan fingerprint density at radius 2 is 1.76 bits per heavy atom. The number of allylic oxidation sites excluding steroid dienone is 1. The van der Waals surface area contributed by atoms with E-state index >= 15 is 0 Å². The van der Waals surface area contributed by atoms with Crippen molar-refractivity contribution in [3.05, 3.63) is 64.4 Å². The van der Waals surface area contributed by atoms with Crippen LogP contribution in [-0.2, 0) is 4.79 Å². The summed E-state index contributed by atoms with van der Waals surface area (Å²) >= 11 is 0. The predicted octanol–water partition coefficient (Wildman–Crippen LogP) is 3.59. The molecular formula is C22H25N3O4. The fourth-order valence-electron chi connectivity index (χ4n) is 3.29. The number of methoxy groups -OCH3 is 2. The molecule has 29 heavy (non-hydrogen) atoms. The lowest BCUT2D eigenvalue weighted by molar-refractivity contribution is -0.113. The van der Waals surface area contributed by atoms with Gasteiger partial charge in [-0.15, -0.1) is 0 Å². The Hall–Kier alpha value is -3.48. The van der Waals surface area contributed by atoms with Crippen LogP contribution < -0.4 is 25.4 Å². The second-order valence-electron chi connectivity index (χ2n) is 6.93. The average molecular weight is 395 g/mol. The van der Waals surface area contributed by atoms with Crippen molar-refractivity contribution in [2.24, 2.45) is 0 Å². The standard InChI is InChI=1S/C22H25N3O4/c1-12-6-7-15(10-13(12)2)20-19(14(3)23-22(27)25-20)21(26)24-17-11-16(28-4)8-9-18(17)29-5/h6-11,20H,1-5H3,(H,24,26)(H2,23,25,27). The van der Waals surface area contributed by atoms with E-state index in [-0.39, 0.29) is 11.9 Å². The molecule has 0 spiro atoms. The SMILES string of the molecule is COc1ccc(OC)c(NC(=O)C2=C(C)NC(=O)NC2c2ccc(C)c(C)c2)c1. The summed E-state index contributed by atoms with van der Waals surface area (Å²) in [6.07, 6.45) is 0. The number of ether oxygens (including phenoxy) is 2. The molecule has 2 aromatic carbocycles. The lowest BCUT2D eigenvalue weighted by Crippen LogP contribution is -2.46. The first-order valence-corrected chi connectivity index (χ1v) is 9.23. The number of carbonyl (C=O) groups is 2. The molecule has 1 aliphatic heterocycles. The van der Waals surface area contributed by atoms with Gasteiger partial charge in [-0.05, 0) is 49.6 Å². The second-order valence-corrected chi connectivity index (χ2v) is 6.93. The third-order valence-electron chi connectivity index (χ3n) is 5.03. The van der Waals surface area contributed by atoms with Crippen LogP contribution in [0.15, 0.2) is 47.7 Å². The van der Waals surface area contributed by atoms with Crippen molar-refractivity contribution < 1.29 is 19.1 Å². The molecule has 3 rings (SSSR count). The summed E-state index contributed by atoms with van der Waals surface area (Å²) in [4.78, 5) is 25.3. The van der Waals surface area contributed by atoms with E-state index in [4.69, 9.17) is 9.47 Å². The van der Waals surface area contributed by atoms with Gasteiger partial charge in [0.2, 0.25) is 0 Å². The van der Waals surface area contributed by atoms with Gasteiger partial charge in [-0.25, -0.2) is 4.79 Å². The monoisotopic (exact) mass is 395 g/mol. The smallest absolute Gasteiger partial charge is 0.319 e. The number of carbonyl (C=O) groups excluding carboxylic acids is 2. The predicted molar refractivity (Wildman–Crippen MR) is 111 cm³/mol. The van der Waals surface area contributed by atoms with Gasteiger partial charge in [-0.1, -0.05) is 18.2 Å². The first-order valence-electron chi connectivity index (χ1n) is 9.23. The fourth-order valence-corrected chi connectivity index (χ4v) is 3.29. The van der Waals surface area contributed by atoms with Gasteiger partial charge in [-0.2, -0.15) is 0 Å². The number of hydrogen-bond donors (Lipinski definition) is 3. The molecule has 0 radical (unpaired) electrons. The Balaban J connectivity index is 1.99. The lowest BCUT2D eigenvalue weighted by Gasteiger charge is -2.29. The van der Waals surface area contributed by atoms with Crippen molar-refractivity contribution in [1.29, 1.82) is 0 Å². The van der Waals surface area contributed by atoms with E-state index in [1.54, 1.807) is 32.2 Å². The van der Waals surface area contributed by atoms with Crippen molar-refractivity contribution >= 4 is 17.6 Å². The Bertz CT molecular complexity index is 998. The minimum atomic E-state index is -0.570. The molecule has 3 N–H and O–H groups in total. The van der Waals surface area contributed by atoms with Gasteiger partial charge in [0.15, 0.2) is 0 Å². The molecule has 0 aromatic heterocycles. The summed E-state index contributed by atoms with van der Waals surface area (Å²) in [5.74, 6) is 0.755. The van der Waals surface area contributed by atoms with Crippen LogP contribution in [0.5, 0.6) is 11.5 Å². The molecular weight excluding hydrogens is 370 g/mol. The van der Waals surface area contributed by atoms with E-state index in [2.05, 4.69) is 16.0 Å². The molecule has 1 aliphatic rings. The van der Waals surface area contributed by atoms with E-state index < -0.39 is 6.04 Å². The number of aryl methyl sites for hydroxylation is 2. The number of anilines is 1. The van der Waals surface area contributed by atoms with Gasteiger partial charge >= 0.3 is 6.03 Å². The van der Waals surface area contributed by atoms with E-state index in [9.17, 15) is 9.59 Å². The zero-order valence-corrected chi connectivity index (χ0v) is 17.2. The van der Waals surface area contributed by atoms with E-state index in [1.165, 1.54) is 7.11 Å². The zero-order chi connectivity index (χ0) is 21.1. The van der Waals surface area contributed by atoms with Crippen molar-refractivity contribution in [1.82, 2.24) is 10.6 Å². The van der Waals surface area contributed by atoms with Crippen molar-refractivity contribution in [3.8, 4) is 11.5 Å². The number of nitrogens with one attached hydrogen (secondary N) is 3. The van der Waals surface area contributed by atoms with Crippen LogP contribution in [0.2, 0.25) is 0 Å². The zero-order valence-electron chi connectivity index (χ0n) is 17.2. The minimum absolute atomic E-state index is 0.343. The van der Waals surface area contributed by atoms with Crippen LogP contribution >= 0.6 is 0 Å². The second kappa shape index (κ2) is 8.26. The van der Waals surface area contributed by atoms with Gasteiger partial charge in [-0.3, -0.25) is 4.79 Å². The molecule has 1 heterocycles. The minimum Gasteiger partial charge on any atom is -0.497 e. The van der Waals surface area contributed by atoms with Crippen LogP contribution in [0.1, 0.15) is 29.7 Å². The molecule has 0 saturated heterocycles. The first-order chi connectivity index (χ1) is 13.8. The summed E-state index contributed by atoms with van der Waals surface area (Å²) in [6, 6.07) is 10.1. The van der Waals surface area contributed by atoms with E-state index in [1.807, 2.05) is 32.0 Å². The first kappa shape index (κ1) is 20.3. The Labute approximate surface area is 170 Å². The molecule has 0 fully saturated rings. The Morgan fingerprint density at radius 3 is 2.41 bits per heavy atom. The van der Waals surface area contributed by atoms with E-state index in [0.717, 1.165) is 16.7 Å². The molecule has 1 unspecified atom stereocenters. The van der Waals surface area contributed by atoms with Crippen molar-refractivity contribution in [3.63, 3.8) is 0 Å². The maximum Gasteiger partial charge on any atom is 0.319 e. The highest BCUT2D eigenvalue weighted by atomic mass is 16.5. The maximum atomic E-state index is 13.2. The summed E-state index contributed by atoms with van der Waals surface area (Å²) in [5, 5.41) is 8.42. The van der Waals surface area contributed by atoms with Crippen LogP contribution in [0.25, 0.3) is 0 Å². The number of hydrogen-bond acceptors (Lipinski definition) is 4. The lowest BCUT2D eigenvalue weighted by atomic mass is 9.92. The largest absolute Gasteiger partial charge is 0.497 e. The molecule has 152 valence electrons. The summed E-state index contributed by atoms with van der Waals surface area (Å²) in [7, 11) is 3.08. The average Bonchev–Trinajstić information content (AvgIpc) is 2.69. The van der Waals surface area contributed by atoms with Gasteiger partial charge in [0.25, 0.3) is 5.91 Å². The summed E-state index contributed by atoms with van der Waals surface area (Å²) in [6.45, 7) is 5.73. The fraction of sp³-hybridized carbons (Fsp3) is 0.273. The van der Waals surface area contributed by atoms with Gasteiger partial charge in [0, 0.05) is 11.8 Å². The van der Waals surface area contributed by atoms with Crippen LogP contribution in [0.3, 0.4) is 0 Å². The normalized spacial score (nSPS) is 16.0. The van der Waals surface area contributed by atoms with Crippen LogP contribution in [0.4, 0.5) is 10.5 Å². The Morgan fingerprint density at radius 1 is 1.00 bits per heavy atom. The van der Waals surface area contributed by atoms with Crippen molar-refractivity contribution in [2.45, 2.75) is 26.8 Å². The molecule has 7 nitrogen and oxygen atoms in total. The van der Waals surface area contributed by atoms with Gasteiger partial charge in [0.05, 0.1) is 31.5 Å². The summed E-state index contributed by atoms with van der Waals surface area (Å²) in [5.41, 5.74) is 4.47. The highest BCUT2D eigenvalue weighted by Gasteiger charge is 2.31. The molecule has 1 atom stereocenters. The number of rotatable bonds is 5. The number of amides is 3. The quantitative estimate of drug-likeness (QED) is 0.722. The van der Waals surface area contributed by atoms with Gasteiger partial charge < -0.3 is 25.4 Å². The van der Waals surface area contributed by atoms with Gasteiger partial charge in [0.1, 0.15) is 11.5 Å². The van der Waals surface area contributed by atoms with E-state index in [0.29, 0.717) is 28.5 Å². The Kier molecular flexibility index (Phi) is 5.77. The molecule has 2 aromatic rings. The summed E-state index contributed by atoms with van der Waals surface area (Å²) < 4.78 is 10.6. The van der Waals surface area contributed by atoms with Crippen molar-refractivity contribution in [2.75, 3.05) is 19.5 Å². The molecule has 0 saturated carbocycles. The topological polar surface area (TPSA) is 88.7 Å². The number of urea groups is 1. The third-order valence-corrected chi connectivity index (χ3v) is 5.03.